The van der Waals surface area contributed by atoms with Gasteiger partial charge in [-0.1, -0.05) is 30.3 Å². The molecule has 3 rings (SSSR count). The fourth-order valence-electron chi connectivity index (χ4n) is 4.11. The van der Waals surface area contributed by atoms with E-state index in [2.05, 4.69) is 43.4 Å². The molecule has 2 aromatic carbocycles. The van der Waals surface area contributed by atoms with Gasteiger partial charge in [0.15, 0.2) is 5.78 Å². The Bertz CT molecular complexity index is 755. The Hall–Kier alpha value is -2.33. The molecule has 0 aliphatic carbocycles. The number of ether oxygens (including phenoxy) is 2. The molecule has 0 amide bonds. The molecule has 2 atom stereocenters. The van der Waals surface area contributed by atoms with Crippen LogP contribution in [-0.2, 0) is 9.53 Å². The van der Waals surface area contributed by atoms with E-state index in [1.54, 1.807) is 7.11 Å². The van der Waals surface area contributed by atoms with Crippen LogP contribution in [0.25, 0.3) is 0 Å². The Morgan fingerprint density at radius 3 is 2.54 bits per heavy atom. The van der Waals surface area contributed by atoms with Crippen LogP contribution in [0.1, 0.15) is 44.6 Å². The van der Waals surface area contributed by atoms with E-state index >= 15 is 0 Å². The Kier molecular flexibility index (Phi) is 6.74. The molecule has 4 heteroatoms. The third-order valence-electron chi connectivity index (χ3n) is 5.56. The van der Waals surface area contributed by atoms with Crippen LogP contribution in [0.2, 0.25) is 0 Å². The number of rotatable bonds is 8. The van der Waals surface area contributed by atoms with Gasteiger partial charge in [-0.15, -0.1) is 0 Å². The average Bonchev–Trinajstić information content (AvgIpc) is 2.70. The quantitative estimate of drug-likeness (QED) is 0.695. The number of methoxy groups -OCH3 is 1. The van der Waals surface area contributed by atoms with Crippen molar-refractivity contribution in [2.24, 2.45) is 5.92 Å². The zero-order chi connectivity index (χ0) is 20.0. The molecule has 1 N–H and O–H groups in total. The van der Waals surface area contributed by atoms with Gasteiger partial charge in [-0.2, -0.15) is 0 Å². The molecule has 0 saturated carbocycles. The van der Waals surface area contributed by atoms with Gasteiger partial charge >= 0.3 is 0 Å². The molecule has 4 nitrogen and oxygen atoms in total. The van der Waals surface area contributed by atoms with Crippen LogP contribution < -0.4 is 10.1 Å². The molecule has 1 heterocycles. The van der Waals surface area contributed by atoms with Crippen molar-refractivity contribution in [2.45, 2.75) is 44.6 Å². The summed E-state index contributed by atoms with van der Waals surface area (Å²) in [6.45, 7) is 5.39. The molecule has 0 spiro atoms. The van der Waals surface area contributed by atoms with E-state index in [4.69, 9.17) is 9.47 Å². The lowest BCUT2D eigenvalue weighted by molar-refractivity contribution is -0.119. The second kappa shape index (κ2) is 9.24. The summed E-state index contributed by atoms with van der Waals surface area (Å²) < 4.78 is 11.1. The van der Waals surface area contributed by atoms with E-state index in [1.165, 1.54) is 5.56 Å². The monoisotopic (exact) mass is 381 g/mol. The maximum Gasteiger partial charge on any atom is 0.152 e. The van der Waals surface area contributed by atoms with E-state index in [9.17, 15) is 4.79 Å². The van der Waals surface area contributed by atoms with Crippen molar-refractivity contribution >= 4 is 11.5 Å². The minimum absolute atomic E-state index is 0.125. The topological polar surface area (TPSA) is 47.6 Å². The number of anilines is 1. The Balaban J connectivity index is 1.65. The Morgan fingerprint density at radius 1 is 1.18 bits per heavy atom. The molecule has 2 aromatic rings. The normalized spacial score (nSPS) is 19.6. The first-order valence-corrected chi connectivity index (χ1v) is 10.1. The van der Waals surface area contributed by atoms with Crippen molar-refractivity contribution in [1.82, 2.24) is 0 Å². The summed E-state index contributed by atoms with van der Waals surface area (Å²) in [6, 6.07) is 18.1. The number of nitrogens with one attached hydrogen (secondary N) is 1. The van der Waals surface area contributed by atoms with Gasteiger partial charge in [0.25, 0.3) is 0 Å². The zero-order valence-corrected chi connectivity index (χ0v) is 17.1. The molecule has 0 bridgehead atoms. The fraction of sp³-hybridized carbons (Fsp3) is 0.458. The first-order valence-electron chi connectivity index (χ1n) is 10.1. The highest BCUT2D eigenvalue weighted by molar-refractivity contribution is 5.83. The maximum atomic E-state index is 12.8. The zero-order valence-electron chi connectivity index (χ0n) is 17.1. The molecule has 1 aliphatic rings. The average molecular weight is 382 g/mol. The molecule has 0 unspecified atom stereocenters. The molecular weight excluding hydrogens is 350 g/mol. The highest BCUT2D eigenvalue weighted by Gasteiger charge is 2.34. The number of benzene rings is 2. The molecular formula is C24H31NO3. The number of carbonyl (C=O) groups is 1. The minimum Gasteiger partial charge on any atom is -0.497 e. The van der Waals surface area contributed by atoms with Gasteiger partial charge < -0.3 is 14.8 Å². The van der Waals surface area contributed by atoms with Crippen LogP contribution in [0, 0.1) is 5.92 Å². The summed E-state index contributed by atoms with van der Waals surface area (Å²) in [5.41, 5.74) is 2.06. The standard InChI is InChI=1S/C24H31NO3/c1-24(2)16-19(13-14-28-24)23(18-7-5-4-6-8-18)15-21(26)17-25-20-9-11-22(27-3)12-10-20/h4-12,19,23,25H,13-17H2,1-3H3/t19-,23-/m1/s1. The van der Waals surface area contributed by atoms with Crippen LogP contribution in [0.5, 0.6) is 5.75 Å². The number of hydrogen-bond donors (Lipinski definition) is 1. The highest BCUT2D eigenvalue weighted by Crippen LogP contribution is 2.40. The summed E-state index contributed by atoms with van der Waals surface area (Å²) >= 11 is 0. The maximum absolute atomic E-state index is 12.8. The number of hydrogen-bond acceptors (Lipinski definition) is 4. The lowest BCUT2D eigenvalue weighted by Gasteiger charge is -2.39. The van der Waals surface area contributed by atoms with Crippen LogP contribution in [0.4, 0.5) is 5.69 Å². The van der Waals surface area contributed by atoms with Gasteiger partial charge in [0.05, 0.1) is 19.3 Å². The highest BCUT2D eigenvalue weighted by atomic mass is 16.5. The Morgan fingerprint density at radius 2 is 1.89 bits per heavy atom. The molecule has 150 valence electrons. The summed E-state index contributed by atoms with van der Waals surface area (Å²) in [6.07, 6.45) is 2.53. The predicted octanol–water partition coefficient (Wildman–Crippen LogP) is 5.06. The molecule has 0 aromatic heterocycles. The smallest absolute Gasteiger partial charge is 0.152 e. The SMILES string of the molecule is COc1ccc(NCC(=O)C[C@H](c2ccccc2)[C@@H]2CCOC(C)(C)C2)cc1. The Labute approximate surface area is 168 Å². The van der Waals surface area contributed by atoms with Crippen molar-refractivity contribution in [2.75, 3.05) is 25.6 Å². The van der Waals surface area contributed by atoms with Gasteiger partial charge in [-0.05, 0) is 68.4 Å². The van der Waals surface area contributed by atoms with E-state index in [1.807, 2.05) is 30.3 Å². The van der Waals surface area contributed by atoms with Crippen LogP contribution in [-0.4, -0.2) is 31.6 Å². The number of ketones is 1. The van der Waals surface area contributed by atoms with Crippen molar-refractivity contribution in [1.29, 1.82) is 0 Å². The predicted molar refractivity (Wildman–Crippen MR) is 113 cm³/mol. The van der Waals surface area contributed by atoms with E-state index in [0.717, 1.165) is 30.9 Å². The van der Waals surface area contributed by atoms with Crippen molar-refractivity contribution in [3.8, 4) is 5.75 Å². The molecule has 28 heavy (non-hydrogen) atoms. The second-order valence-corrected chi connectivity index (χ2v) is 8.20. The third-order valence-corrected chi connectivity index (χ3v) is 5.56. The summed E-state index contributed by atoms with van der Waals surface area (Å²) in [7, 11) is 1.65. The lowest BCUT2D eigenvalue weighted by Crippen LogP contribution is -2.37. The first kappa shape index (κ1) is 20.4. The lowest BCUT2D eigenvalue weighted by atomic mass is 9.74. The summed E-state index contributed by atoms with van der Waals surface area (Å²) in [4.78, 5) is 12.8. The van der Waals surface area contributed by atoms with E-state index in [0.29, 0.717) is 18.9 Å². The van der Waals surface area contributed by atoms with Crippen molar-refractivity contribution < 1.29 is 14.3 Å². The van der Waals surface area contributed by atoms with E-state index < -0.39 is 0 Å². The van der Waals surface area contributed by atoms with Gasteiger partial charge in [0.1, 0.15) is 5.75 Å². The second-order valence-electron chi connectivity index (χ2n) is 8.20. The van der Waals surface area contributed by atoms with Gasteiger partial charge in [0.2, 0.25) is 0 Å². The molecule has 1 aliphatic heterocycles. The molecule has 0 radical (unpaired) electrons. The molecule has 1 saturated heterocycles. The summed E-state index contributed by atoms with van der Waals surface area (Å²) in [5.74, 6) is 1.72. The third kappa shape index (κ3) is 5.59. The van der Waals surface area contributed by atoms with Crippen molar-refractivity contribution in [3.63, 3.8) is 0 Å². The largest absolute Gasteiger partial charge is 0.497 e. The van der Waals surface area contributed by atoms with Crippen LogP contribution in [0.3, 0.4) is 0 Å². The van der Waals surface area contributed by atoms with E-state index in [-0.39, 0.29) is 17.3 Å². The van der Waals surface area contributed by atoms with Crippen molar-refractivity contribution in [3.05, 3.63) is 60.2 Å². The first-order chi connectivity index (χ1) is 13.5. The number of carbonyl (C=O) groups excluding carboxylic acids is 1. The van der Waals surface area contributed by atoms with Gasteiger partial charge in [-0.25, -0.2) is 0 Å². The number of Topliss-reactive ketones (excluding diaryl/α,β-unsaturated/α-hetero) is 1. The minimum atomic E-state index is -0.125. The fourth-order valence-corrected chi connectivity index (χ4v) is 4.11. The van der Waals surface area contributed by atoms with Crippen LogP contribution >= 0.6 is 0 Å². The summed E-state index contributed by atoms with van der Waals surface area (Å²) in [5, 5.41) is 3.24. The van der Waals surface area contributed by atoms with Crippen LogP contribution in [0.15, 0.2) is 54.6 Å². The molecule has 1 fully saturated rings. The van der Waals surface area contributed by atoms with Gasteiger partial charge in [-0.3, -0.25) is 4.79 Å². The van der Waals surface area contributed by atoms with Gasteiger partial charge in [0, 0.05) is 18.7 Å².